The summed E-state index contributed by atoms with van der Waals surface area (Å²) in [4.78, 5) is 38.5. The minimum absolute atomic E-state index is 0.176. The monoisotopic (exact) mass is 398 g/mol. The van der Waals surface area contributed by atoms with Gasteiger partial charge in [-0.1, -0.05) is 24.3 Å². The molecule has 1 heterocycles. The molecule has 0 bridgehead atoms. The fraction of sp³-hybridized carbons (Fsp3) is 0.300. The molecule has 9 heteroatoms. The van der Waals surface area contributed by atoms with Gasteiger partial charge in [-0.3, -0.25) is 24.6 Å². The Morgan fingerprint density at radius 3 is 2.66 bits per heavy atom. The van der Waals surface area contributed by atoms with E-state index in [0.717, 1.165) is 17.7 Å². The molecule has 0 fully saturated rings. The fourth-order valence-corrected chi connectivity index (χ4v) is 3.10. The molecule has 2 amide bonds. The molecule has 1 aliphatic rings. The second-order valence-electron chi connectivity index (χ2n) is 6.96. The topological polar surface area (TPSA) is 105 Å². The summed E-state index contributed by atoms with van der Waals surface area (Å²) in [7, 11) is 3.94. The number of amides is 2. The van der Waals surface area contributed by atoms with Crippen LogP contribution in [-0.2, 0) is 22.7 Å². The first kappa shape index (κ1) is 20.3. The molecule has 152 valence electrons. The Kier molecular flexibility index (Phi) is 6.08. The van der Waals surface area contributed by atoms with Crippen molar-refractivity contribution in [1.29, 1.82) is 0 Å². The summed E-state index contributed by atoms with van der Waals surface area (Å²) in [6.07, 6.45) is 0. The first-order valence-corrected chi connectivity index (χ1v) is 9.05. The van der Waals surface area contributed by atoms with Crippen molar-refractivity contribution in [1.82, 2.24) is 10.2 Å². The highest BCUT2D eigenvalue weighted by atomic mass is 16.6. The number of carbonyl (C=O) groups excluding carboxylic acids is 2. The van der Waals surface area contributed by atoms with Crippen molar-refractivity contribution in [3.05, 3.63) is 63.7 Å². The van der Waals surface area contributed by atoms with Crippen LogP contribution in [0.3, 0.4) is 0 Å². The molecule has 0 aromatic heterocycles. The van der Waals surface area contributed by atoms with Crippen molar-refractivity contribution in [3.63, 3.8) is 0 Å². The standard InChI is InChI=1S/C20H22N4O5/c1-22(2)11-15-6-4-3-5-14(15)10-21-19(25)12-23-17-9-16(24(27)28)7-8-18(17)29-13-20(23)26/h3-9H,10-13H2,1-2H3,(H,21,25). The summed E-state index contributed by atoms with van der Waals surface area (Å²) in [5, 5.41) is 13.9. The first-order chi connectivity index (χ1) is 13.8. The average Bonchev–Trinajstić information content (AvgIpc) is 2.68. The van der Waals surface area contributed by atoms with Gasteiger partial charge >= 0.3 is 0 Å². The van der Waals surface area contributed by atoms with Crippen molar-refractivity contribution in [2.24, 2.45) is 0 Å². The Hall–Kier alpha value is -3.46. The molecule has 29 heavy (non-hydrogen) atoms. The Balaban J connectivity index is 1.71. The molecule has 1 aliphatic heterocycles. The lowest BCUT2D eigenvalue weighted by Crippen LogP contribution is -2.45. The van der Waals surface area contributed by atoms with E-state index in [2.05, 4.69) is 5.32 Å². The van der Waals surface area contributed by atoms with E-state index < -0.39 is 10.8 Å². The summed E-state index contributed by atoms with van der Waals surface area (Å²) >= 11 is 0. The zero-order valence-corrected chi connectivity index (χ0v) is 16.3. The SMILES string of the molecule is CN(C)Cc1ccccc1CNC(=O)CN1C(=O)COc2ccc([N+](=O)[O-])cc21. The molecular formula is C20H22N4O5. The third-order valence-electron chi connectivity index (χ3n) is 4.48. The number of nitrogens with zero attached hydrogens (tertiary/aromatic N) is 3. The minimum Gasteiger partial charge on any atom is -0.482 e. The Morgan fingerprint density at radius 1 is 1.24 bits per heavy atom. The smallest absolute Gasteiger partial charge is 0.271 e. The maximum absolute atomic E-state index is 12.5. The number of non-ortho nitro benzene ring substituents is 1. The van der Waals surface area contributed by atoms with Crippen molar-refractivity contribution in [2.45, 2.75) is 13.1 Å². The molecule has 1 N–H and O–H groups in total. The molecule has 0 saturated heterocycles. The van der Waals surface area contributed by atoms with Crippen LogP contribution in [-0.4, -0.2) is 48.9 Å². The van der Waals surface area contributed by atoms with Gasteiger partial charge in [0.15, 0.2) is 6.61 Å². The number of rotatable bonds is 7. The number of nitro benzene ring substituents is 1. The quantitative estimate of drug-likeness (QED) is 0.562. The fourth-order valence-electron chi connectivity index (χ4n) is 3.10. The van der Waals surface area contributed by atoms with Gasteiger partial charge in [0.25, 0.3) is 11.6 Å². The van der Waals surface area contributed by atoms with Gasteiger partial charge in [0.2, 0.25) is 5.91 Å². The lowest BCUT2D eigenvalue weighted by atomic mass is 10.1. The Bertz CT molecular complexity index is 944. The molecule has 0 saturated carbocycles. The highest BCUT2D eigenvalue weighted by Crippen LogP contribution is 2.35. The van der Waals surface area contributed by atoms with Crippen LogP contribution in [0.1, 0.15) is 11.1 Å². The van der Waals surface area contributed by atoms with E-state index in [1.54, 1.807) is 0 Å². The molecule has 3 rings (SSSR count). The second-order valence-corrected chi connectivity index (χ2v) is 6.96. The van der Waals surface area contributed by atoms with Crippen molar-refractivity contribution >= 4 is 23.2 Å². The van der Waals surface area contributed by atoms with Gasteiger partial charge in [-0.2, -0.15) is 0 Å². The lowest BCUT2D eigenvalue weighted by molar-refractivity contribution is -0.384. The summed E-state index contributed by atoms with van der Waals surface area (Å²) < 4.78 is 5.31. The van der Waals surface area contributed by atoms with Gasteiger partial charge in [0.05, 0.1) is 10.6 Å². The first-order valence-electron chi connectivity index (χ1n) is 9.05. The molecular weight excluding hydrogens is 376 g/mol. The van der Waals surface area contributed by atoms with Crippen LogP contribution in [0.5, 0.6) is 5.75 Å². The van der Waals surface area contributed by atoms with E-state index in [1.807, 2.05) is 43.3 Å². The third kappa shape index (κ3) is 4.88. The summed E-state index contributed by atoms with van der Waals surface area (Å²) in [6, 6.07) is 11.8. The summed E-state index contributed by atoms with van der Waals surface area (Å²) in [6.45, 7) is 0.601. The largest absolute Gasteiger partial charge is 0.482 e. The highest BCUT2D eigenvalue weighted by Gasteiger charge is 2.29. The maximum Gasteiger partial charge on any atom is 0.271 e. The maximum atomic E-state index is 12.5. The van der Waals surface area contributed by atoms with Gasteiger partial charge in [0, 0.05) is 25.2 Å². The van der Waals surface area contributed by atoms with E-state index >= 15 is 0 Å². The number of nitro groups is 1. The zero-order valence-electron chi connectivity index (χ0n) is 16.3. The molecule has 0 aliphatic carbocycles. The van der Waals surface area contributed by atoms with Crippen LogP contribution in [0.25, 0.3) is 0 Å². The van der Waals surface area contributed by atoms with E-state index in [-0.39, 0.29) is 30.4 Å². The van der Waals surface area contributed by atoms with Crippen LogP contribution in [0, 0.1) is 10.1 Å². The van der Waals surface area contributed by atoms with Crippen molar-refractivity contribution in [2.75, 3.05) is 32.1 Å². The van der Waals surface area contributed by atoms with Crippen LogP contribution < -0.4 is 15.0 Å². The number of ether oxygens (including phenoxy) is 1. The van der Waals surface area contributed by atoms with Crippen LogP contribution in [0.15, 0.2) is 42.5 Å². The van der Waals surface area contributed by atoms with Gasteiger partial charge in [0.1, 0.15) is 12.3 Å². The number of carbonyl (C=O) groups is 2. The number of fused-ring (bicyclic) bond motifs is 1. The molecule has 2 aromatic rings. The van der Waals surface area contributed by atoms with E-state index in [0.29, 0.717) is 12.3 Å². The Morgan fingerprint density at radius 2 is 1.97 bits per heavy atom. The van der Waals surface area contributed by atoms with Gasteiger partial charge in [-0.15, -0.1) is 0 Å². The van der Waals surface area contributed by atoms with Crippen LogP contribution in [0.4, 0.5) is 11.4 Å². The van der Waals surface area contributed by atoms with E-state index in [4.69, 9.17) is 4.74 Å². The highest BCUT2D eigenvalue weighted by molar-refractivity contribution is 6.02. The lowest BCUT2D eigenvalue weighted by Gasteiger charge is -2.28. The third-order valence-corrected chi connectivity index (χ3v) is 4.48. The van der Waals surface area contributed by atoms with Crippen LogP contribution in [0.2, 0.25) is 0 Å². The molecule has 9 nitrogen and oxygen atoms in total. The number of benzene rings is 2. The van der Waals surface area contributed by atoms with Crippen LogP contribution >= 0.6 is 0 Å². The average molecular weight is 398 g/mol. The molecule has 0 spiro atoms. The van der Waals surface area contributed by atoms with E-state index in [1.165, 1.54) is 23.1 Å². The van der Waals surface area contributed by atoms with Gasteiger partial charge in [-0.05, 0) is 31.3 Å². The van der Waals surface area contributed by atoms with Crippen molar-refractivity contribution in [3.8, 4) is 5.75 Å². The van der Waals surface area contributed by atoms with E-state index in [9.17, 15) is 19.7 Å². The predicted molar refractivity (Wildman–Crippen MR) is 107 cm³/mol. The predicted octanol–water partition coefficient (Wildman–Crippen LogP) is 1.70. The number of hydrogen-bond donors (Lipinski definition) is 1. The molecule has 2 aromatic carbocycles. The number of nitrogens with one attached hydrogen (secondary N) is 1. The summed E-state index contributed by atoms with van der Waals surface area (Å²) in [5.74, 6) is -0.460. The number of anilines is 1. The minimum atomic E-state index is -0.556. The second kappa shape index (κ2) is 8.70. The summed E-state index contributed by atoms with van der Waals surface area (Å²) in [5.41, 5.74) is 2.13. The molecule has 0 unspecified atom stereocenters. The molecule has 0 radical (unpaired) electrons. The number of hydrogen-bond acceptors (Lipinski definition) is 6. The zero-order chi connectivity index (χ0) is 21.0. The Labute approximate surface area is 168 Å². The molecule has 0 atom stereocenters. The van der Waals surface area contributed by atoms with Gasteiger partial charge in [-0.25, -0.2) is 0 Å². The van der Waals surface area contributed by atoms with Gasteiger partial charge < -0.3 is 15.0 Å². The van der Waals surface area contributed by atoms with Crippen molar-refractivity contribution < 1.29 is 19.2 Å². The normalized spacial score (nSPS) is 13.1.